The van der Waals surface area contributed by atoms with Crippen LogP contribution in [-0.4, -0.2) is 132 Å². The molecule has 3 fully saturated rings. The first kappa shape index (κ1) is 44.0. The van der Waals surface area contributed by atoms with Gasteiger partial charge in [-0.2, -0.15) is 0 Å². The number of hydrogen-bond donors (Lipinski definition) is 4. The molecule has 2 saturated heterocycles. The van der Waals surface area contributed by atoms with Crippen molar-refractivity contribution in [1.82, 2.24) is 15.1 Å². The molecule has 0 aromatic rings. The summed E-state index contributed by atoms with van der Waals surface area (Å²) in [5.74, 6) is -1.65. The van der Waals surface area contributed by atoms with Gasteiger partial charge in [-0.05, 0) is 105 Å². The molecule has 1 saturated carbocycles. The van der Waals surface area contributed by atoms with Gasteiger partial charge in [-0.1, -0.05) is 64.2 Å². The van der Waals surface area contributed by atoms with Crippen LogP contribution in [0, 0.1) is 23.7 Å². The number of piperidine rings is 1. The van der Waals surface area contributed by atoms with Crippen molar-refractivity contribution in [3.8, 4) is 0 Å². The Morgan fingerprint density at radius 1 is 0.962 bits per heavy atom. The predicted molar refractivity (Wildman–Crippen MR) is 207 cm³/mol. The molecule has 4 N–H and O–H groups in total. The van der Waals surface area contributed by atoms with Crippen LogP contribution < -0.4 is 5.32 Å². The van der Waals surface area contributed by atoms with E-state index in [-0.39, 0.29) is 30.0 Å². The minimum absolute atomic E-state index is 0.0217. The summed E-state index contributed by atoms with van der Waals surface area (Å²) in [6, 6.07) is -0.192. The molecule has 0 amide bonds. The number of likely N-dealkylation sites (N-methyl/N-ethyl adjacent to an activating group) is 1. The number of rotatable bonds is 10. The van der Waals surface area contributed by atoms with Gasteiger partial charge in [0.2, 0.25) is 0 Å². The number of hydrogen-bond acceptors (Lipinski definition) is 11. The summed E-state index contributed by atoms with van der Waals surface area (Å²) >= 11 is 0. The van der Waals surface area contributed by atoms with Gasteiger partial charge in [-0.25, -0.2) is 0 Å². The molecule has 1 aliphatic carbocycles. The van der Waals surface area contributed by atoms with Crippen molar-refractivity contribution < 1.29 is 39.1 Å². The topological polar surface area (TPSA) is 141 Å². The van der Waals surface area contributed by atoms with E-state index in [1.165, 1.54) is 25.7 Å². The molecule has 11 heteroatoms. The SMILES string of the molecule is CCC1OC(=O)CC(O)C(C)C(O[C@@H]2O[C@H](C)[C@@H](O)[C@H](N(C)C)[C@H]2O)C(CCN2CCCCC2)CC(C)C(=O)/C=C\C(C)=C\C1CNC1CCCCC1. The molecule has 0 aromatic carbocycles. The van der Waals surface area contributed by atoms with Crippen molar-refractivity contribution in [1.29, 1.82) is 0 Å². The molecule has 4 aliphatic rings. The number of nitrogens with one attached hydrogen (secondary N) is 1. The van der Waals surface area contributed by atoms with Crippen molar-refractivity contribution in [2.45, 2.75) is 167 Å². The average Bonchev–Trinajstić information content (AvgIpc) is 3.14. The van der Waals surface area contributed by atoms with Crippen molar-refractivity contribution in [3.05, 3.63) is 23.8 Å². The lowest BCUT2D eigenvalue weighted by atomic mass is 9.79. The normalized spacial score (nSPS) is 39.7. The summed E-state index contributed by atoms with van der Waals surface area (Å²) in [6.07, 6.45) is 10.8. The highest BCUT2D eigenvalue weighted by Gasteiger charge is 2.47. The van der Waals surface area contributed by atoms with Gasteiger partial charge in [0, 0.05) is 30.3 Å². The highest BCUT2D eigenvalue weighted by molar-refractivity contribution is 5.91. The summed E-state index contributed by atoms with van der Waals surface area (Å²) in [5.41, 5.74) is 0.939. The molecule has 304 valence electrons. The van der Waals surface area contributed by atoms with E-state index in [1.807, 2.05) is 33.8 Å². The van der Waals surface area contributed by atoms with Crippen LogP contribution in [0.5, 0.6) is 0 Å². The van der Waals surface area contributed by atoms with Crippen molar-refractivity contribution >= 4 is 11.8 Å². The number of carbonyl (C=O) groups excluding carboxylic acids is 2. The third kappa shape index (κ3) is 12.9. The molecule has 0 spiro atoms. The van der Waals surface area contributed by atoms with E-state index in [2.05, 4.69) is 16.3 Å². The summed E-state index contributed by atoms with van der Waals surface area (Å²) in [5, 5.41) is 38.0. The van der Waals surface area contributed by atoms with Crippen LogP contribution >= 0.6 is 0 Å². The lowest BCUT2D eigenvalue weighted by Crippen LogP contribution is -2.63. The number of aliphatic hydroxyl groups excluding tert-OH is 3. The number of nitrogens with zero attached hydrogens (tertiary/aromatic N) is 2. The van der Waals surface area contributed by atoms with Gasteiger partial charge in [0.05, 0.1) is 36.9 Å². The maximum atomic E-state index is 13.8. The first-order valence-corrected chi connectivity index (χ1v) is 20.9. The fourth-order valence-electron chi connectivity index (χ4n) is 9.02. The Labute approximate surface area is 319 Å². The molecule has 0 bridgehead atoms. The Morgan fingerprint density at radius 2 is 1.64 bits per heavy atom. The highest BCUT2D eigenvalue weighted by atomic mass is 16.7. The van der Waals surface area contributed by atoms with Crippen LogP contribution in [0.2, 0.25) is 0 Å². The van der Waals surface area contributed by atoms with E-state index in [4.69, 9.17) is 14.2 Å². The average molecular weight is 748 g/mol. The number of esters is 1. The molecule has 4 rings (SSSR count). The lowest BCUT2D eigenvalue weighted by Gasteiger charge is -2.47. The highest BCUT2D eigenvalue weighted by Crippen LogP contribution is 2.35. The maximum absolute atomic E-state index is 13.8. The van der Waals surface area contributed by atoms with Crippen LogP contribution in [0.1, 0.15) is 112 Å². The molecular weight excluding hydrogens is 674 g/mol. The predicted octanol–water partition coefficient (Wildman–Crippen LogP) is 4.62. The zero-order chi connectivity index (χ0) is 38.7. The fourth-order valence-corrected chi connectivity index (χ4v) is 9.02. The molecular formula is C42H73N3O8. The monoisotopic (exact) mass is 748 g/mol. The molecule has 11 nitrogen and oxygen atoms in total. The quantitative estimate of drug-likeness (QED) is 0.233. The van der Waals surface area contributed by atoms with Gasteiger partial charge >= 0.3 is 5.97 Å². The first-order chi connectivity index (χ1) is 25.3. The smallest absolute Gasteiger partial charge is 0.308 e. The second-order valence-corrected chi connectivity index (χ2v) is 17.0. The molecule has 3 heterocycles. The standard InChI is InChI=1S/C42H73N3O8/c1-8-36-32(26-43-33-15-11-9-12-16-33)23-27(2)17-18-34(46)28(3)24-31(19-22-45-20-13-10-14-21-45)41(29(4)35(47)25-37(48)52-36)53-42-40(50)38(44(6)7)39(49)30(5)51-42/h17-18,23,28-33,35-36,38-43,47,49-50H,8-16,19-22,24-26H2,1-7H3/b18-17-,27-23+/t28?,29?,30-,31?,32?,35?,36?,38+,39-,40-,41?,42+/m1/s1. The number of carbonyl (C=O) groups is 2. The van der Waals surface area contributed by atoms with Gasteiger partial charge in [-0.3, -0.25) is 9.59 Å². The summed E-state index contributed by atoms with van der Waals surface area (Å²) in [7, 11) is 3.60. The van der Waals surface area contributed by atoms with Crippen molar-refractivity contribution in [2.75, 3.05) is 40.3 Å². The second kappa shape index (κ2) is 21.6. The number of ether oxygens (including phenoxy) is 3. The Bertz CT molecular complexity index is 1180. The van der Waals surface area contributed by atoms with Crippen LogP contribution in [0.3, 0.4) is 0 Å². The third-order valence-electron chi connectivity index (χ3n) is 12.5. The van der Waals surface area contributed by atoms with Crippen LogP contribution in [0.4, 0.5) is 0 Å². The second-order valence-electron chi connectivity index (χ2n) is 17.0. The van der Waals surface area contributed by atoms with E-state index >= 15 is 0 Å². The van der Waals surface area contributed by atoms with E-state index in [9.17, 15) is 24.9 Å². The van der Waals surface area contributed by atoms with Gasteiger partial charge in [-0.15, -0.1) is 0 Å². The van der Waals surface area contributed by atoms with Crippen LogP contribution in [0.25, 0.3) is 0 Å². The summed E-state index contributed by atoms with van der Waals surface area (Å²) < 4.78 is 19.1. The number of ketones is 1. The fraction of sp³-hybridized carbons (Fsp3) is 0.857. The number of allylic oxidation sites excluding steroid dienone is 3. The van der Waals surface area contributed by atoms with Gasteiger partial charge < -0.3 is 44.6 Å². The zero-order valence-corrected chi connectivity index (χ0v) is 33.8. The van der Waals surface area contributed by atoms with Crippen molar-refractivity contribution in [2.24, 2.45) is 23.7 Å². The molecule has 3 aliphatic heterocycles. The minimum Gasteiger partial charge on any atom is -0.462 e. The minimum atomic E-state index is -1.17. The Kier molecular flexibility index (Phi) is 17.9. The van der Waals surface area contributed by atoms with Crippen molar-refractivity contribution in [3.63, 3.8) is 0 Å². The van der Waals surface area contributed by atoms with E-state index in [1.54, 1.807) is 32.0 Å². The molecule has 12 atom stereocenters. The number of cyclic esters (lactones) is 1. The Hall–Kier alpha value is -1.70. The molecule has 53 heavy (non-hydrogen) atoms. The zero-order valence-electron chi connectivity index (χ0n) is 33.8. The first-order valence-electron chi connectivity index (χ1n) is 20.9. The van der Waals surface area contributed by atoms with Gasteiger partial charge in [0.15, 0.2) is 12.1 Å². The van der Waals surface area contributed by atoms with E-state index in [0.29, 0.717) is 31.8 Å². The lowest BCUT2D eigenvalue weighted by molar-refractivity contribution is -0.304. The molecule has 0 radical (unpaired) electrons. The van der Waals surface area contributed by atoms with Gasteiger partial charge in [0.1, 0.15) is 12.2 Å². The Balaban J connectivity index is 1.66. The van der Waals surface area contributed by atoms with Gasteiger partial charge in [0.25, 0.3) is 0 Å². The third-order valence-corrected chi connectivity index (χ3v) is 12.5. The molecule has 7 unspecified atom stereocenters. The summed E-state index contributed by atoms with van der Waals surface area (Å²) in [6.45, 7) is 13.1. The maximum Gasteiger partial charge on any atom is 0.308 e. The number of likely N-dealkylation sites (tertiary alicyclic amines) is 1. The summed E-state index contributed by atoms with van der Waals surface area (Å²) in [4.78, 5) is 31.7. The number of aliphatic hydroxyl groups is 3. The molecule has 0 aromatic heterocycles. The van der Waals surface area contributed by atoms with Crippen LogP contribution in [-0.2, 0) is 23.8 Å². The van der Waals surface area contributed by atoms with E-state index < -0.39 is 60.8 Å². The van der Waals surface area contributed by atoms with E-state index in [0.717, 1.165) is 50.9 Å². The largest absolute Gasteiger partial charge is 0.462 e. The Morgan fingerprint density at radius 3 is 2.30 bits per heavy atom. The van der Waals surface area contributed by atoms with Crippen LogP contribution in [0.15, 0.2) is 23.8 Å².